The number of nitrogens with one attached hydrogen (secondary N) is 2. The van der Waals surface area contributed by atoms with E-state index in [0.717, 1.165) is 5.56 Å². The van der Waals surface area contributed by atoms with Crippen LogP contribution in [0.3, 0.4) is 0 Å². The van der Waals surface area contributed by atoms with E-state index in [-0.39, 0.29) is 17.1 Å². The minimum absolute atomic E-state index is 0.0229. The highest BCUT2D eigenvalue weighted by molar-refractivity contribution is 7.89. The molecule has 158 valence electrons. The van der Waals surface area contributed by atoms with Gasteiger partial charge in [0.15, 0.2) is 0 Å². The fourth-order valence-corrected chi connectivity index (χ4v) is 4.76. The molecule has 10 heteroatoms. The van der Waals surface area contributed by atoms with Crippen LogP contribution in [0.5, 0.6) is 0 Å². The highest BCUT2D eigenvalue weighted by Crippen LogP contribution is 2.26. The number of sulfonamides is 1. The van der Waals surface area contributed by atoms with Crippen LogP contribution in [0.2, 0.25) is 5.02 Å². The van der Waals surface area contributed by atoms with Crippen LogP contribution in [0.15, 0.2) is 81.6 Å². The predicted molar refractivity (Wildman–Crippen MR) is 120 cm³/mol. The van der Waals surface area contributed by atoms with Crippen LogP contribution < -0.4 is 10.0 Å². The SMILES string of the molecule is O=C(Nc1cccc(S(=O)(=O)NCc2ccco2)c1)c1csc(-c2cccc(Cl)c2)n1. The van der Waals surface area contributed by atoms with Crippen molar-refractivity contribution in [2.45, 2.75) is 11.4 Å². The molecule has 4 rings (SSSR count). The molecule has 1 amide bonds. The fourth-order valence-electron chi connectivity index (χ4n) is 2.73. The monoisotopic (exact) mass is 473 g/mol. The minimum Gasteiger partial charge on any atom is -0.468 e. The third-order valence-electron chi connectivity index (χ3n) is 4.23. The molecule has 0 fully saturated rings. The molecule has 0 spiro atoms. The van der Waals surface area contributed by atoms with Gasteiger partial charge in [0, 0.05) is 21.7 Å². The third-order valence-corrected chi connectivity index (χ3v) is 6.75. The number of hydrogen-bond acceptors (Lipinski definition) is 6. The number of halogens is 1. The van der Waals surface area contributed by atoms with Gasteiger partial charge in [-0.05, 0) is 42.5 Å². The second kappa shape index (κ2) is 9.03. The number of rotatable bonds is 7. The van der Waals surface area contributed by atoms with Crippen LogP contribution in [-0.4, -0.2) is 19.3 Å². The summed E-state index contributed by atoms with van der Waals surface area (Å²) in [5.74, 6) is 0.0506. The molecule has 0 aliphatic rings. The third kappa shape index (κ3) is 5.20. The average molecular weight is 474 g/mol. The molecule has 4 aromatic rings. The molecule has 2 aromatic carbocycles. The lowest BCUT2D eigenvalue weighted by molar-refractivity contribution is 0.102. The van der Waals surface area contributed by atoms with Gasteiger partial charge in [-0.25, -0.2) is 18.1 Å². The summed E-state index contributed by atoms with van der Waals surface area (Å²) < 4.78 is 32.7. The highest BCUT2D eigenvalue weighted by Gasteiger charge is 2.17. The largest absolute Gasteiger partial charge is 0.468 e. The van der Waals surface area contributed by atoms with Crippen molar-refractivity contribution in [2.24, 2.45) is 0 Å². The molecule has 0 aliphatic carbocycles. The smallest absolute Gasteiger partial charge is 0.275 e. The molecule has 0 saturated carbocycles. The number of anilines is 1. The summed E-state index contributed by atoms with van der Waals surface area (Å²) in [5.41, 5.74) is 1.37. The van der Waals surface area contributed by atoms with Gasteiger partial charge in [0.25, 0.3) is 5.91 Å². The molecule has 0 saturated heterocycles. The topological polar surface area (TPSA) is 101 Å². The summed E-state index contributed by atoms with van der Waals surface area (Å²) in [6.45, 7) is 0.0248. The van der Waals surface area contributed by atoms with E-state index in [1.54, 1.807) is 41.8 Å². The number of nitrogens with zero attached hydrogens (tertiary/aromatic N) is 1. The quantitative estimate of drug-likeness (QED) is 0.402. The van der Waals surface area contributed by atoms with Gasteiger partial charge in [0.1, 0.15) is 16.5 Å². The summed E-state index contributed by atoms with van der Waals surface area (Å²) in [6, 6.07) is 16.5. The Morgan fingerprint density at radius 1 is 1.10 bits per heavy atom. The summed E-state index contributed by atoms with van der Waals surface area (Å²) in [7, 11) is -3.78. The van der Waals surface area contributed by atoms with Crippen molar-refractivity contribution in [1.82, 2.24) is 9.71 Å². The number of hydrogen-bond donors (Lipinski definition) is 2. The lowest BCUT2D eigenvalue weighted by atomic mass is 10.2. The number of carbonyl (C=O) groups is 1. The maximum Gasteiger partial charge on any atom is 0.275 e. The molecule has 7 nitrogen and oxygen atoms in total. The fraction of sp³-hybridized carbons (Fsp3) is 0.0476. The first kappa shape index (κ1) is 21.3. The van der Waals surface area contributed by atoms with Crippen molar-refractivity contribution in [3.8, 4) is 10.6 Å². The lowest BCUT2D eigenvalue weighted by Gasteiger charge is -2.08. The van der Waals surface area contributed by atoms with E-state index in [1.165, 1.54) is 29.7 Å². The lowest BCUT2D eigenvalue weighted by Crippen LogP contribution is -2.23. The molecule has 2 aromatic heterocycles. The van der Waals surface area contributed by atoms with Crippen molar-refractivity contribution in [3.05, 3.63) is 88.8 Å². The van der Waals surface area contributed by atoms with Crippen LogP contribution in [0.4, 0.5) is 5.69 Å². The Morgan fingerprint density at radius 2 is 1.94 bits per heavy atom. The molecular formula is C21H16ClN3O4S2. The van der Waals surface area contributed by atoms with Gasteiger partial charge < -0.3 is 9.73 Å². The average Bonchev–Trinajstić information content (AvgIpc) is 3.45. The first-order chi connectivity index (χ1) is 14.9. The number of furan rings is 1. The van der Waals surface area contributed by atoms with E-state index in [1.807, 2.05) is 12.1 Å². The van der Waals surface area contributed by atoms with E-state index in [9.17, 15) is 13.2 Å². The Bertz CT molecular complexity index is 1320. The number of carbonyl (C=O) groups excluding carboxylic acids is 1. The summed E-state index contributed by atoms with van der Waals surface area (Å²) >= 11 is 7.33. The molecule has 0 radical (unpaired) electrons. The molecule has 0 unspecified atom stereocenters. The molecule has 31 heavy (non-hydrogen) atoms. The number of benzene rings is 2. The molecule has 0 atom stereocenters. The number of aromatic nitrogens is 1. The van der Waals surface area contributed by atoms with E-state index < -0.39 is 15.9 Å². The Morgan fingerprint density at radius 3 is 2.71 bits per heavy atom. The van der Waals surface area contributed by atoms with Gasteiger partial charge in [-0.1, -0.05) is 29.8 Å². The molecule has 2 heterocycles. The normalized spacial score (nSPS) is 11.4. The highest BCUT2D eigenvalue weighted by atomic mass is 35.5. The van der Waals surface area contributed by atoms with Crippen LogP contribution in [0.25, 0.3) is 10.6 Å². The maximum atomic E-state index is 12.6. The zero-order valence-corrected chi connectivity index (χ0v) is 18.3. The van der Waals surface area contributed by atoms with Gasteiger partial charge >= 0.3 is 0 Å². The Hall–Kier alpha value is -2.98. The van der Waals surface area contributed by atoms with Crippen molar-refractivity contribution in [2.75, 3.05) is 5.32 Å². The second-order valence-corrected chi connectivity index (χ2v) is 9.50. The zero-order valence-electron chi connectivity index (χ0n) is 15.9. The first-order valence-corrected chi connectivity index (χ1v) is 11.8. The molecule has 0 aliphatic heterocycles. The van der Waals surface area contributed by atoms with Gasteiger partial charge in [-0.3, -0.25) is 4.79 Å². The minimum atomic E-state index is -3.78. The number of amides is 1. The Kier molecular flexibility index (Phi) is 6.19. The first-order valence-electron chi connectivity index (χ1n) is 9.06. The second-order valence-electron chi connectivity index (χ2n) is 6.43. The summed E-state index contributed by atoms with van der Waals surface area (Å²) in [5, 5.41) is 5.56. The van der Waals surface area contributed by atoms with Crippen molar-refractivity contribution in [3.63, 3.8) is 0 Å². The van der Waals surface area contributed by atoms with E-state index in [4.69, 9.17) is 16.0 Å². The maximum absolute atomic E-state index is 12.6. The molecule has 0 bridgehead atoms. The molecule has 2 N–H and O–H groups in total. The Balaban J connectivity index is 1.47. The molecular weight excluding hydrogens is 458 g/mol. The van der Waals surface area contributed by atoms with Crippen LogP contribution in [0.1, 0.15) is 16.2 Å². The van der Waals surface area contributed by atoms with Crippen molar-refractivity contribution < 1.29 is 17.6 Å². The van der Waals surface area contributed by atoms with Gasteiger partial charge in [0.05, 0.1) is 17.7 Å². The van der Waals surface area contributed by atoms with Crippen LogP contribution in [0, 0.1) is 0 Å². The summed E-state index contributed by atoms with van der Waals surface area (Å²) in [4.78, 5) is 17.0. The van der Waals surface area contributed by atoms with Crippen LogP contribution in [-0.2, 0) is 16.6 Å². The van der Waals surface area contributed by atoms with Crippen molar-refractivity contribution in [1.29, 1.82) is 0 Å². The van der Waals surface area contributed by atoms with Crippen molar-refractivity contribution >= 4 is 44.6 Å². The standard InChI is InChI=1S/C21H16ClN3O4S2/c22-15-5-1-4-14(10-15)21-25-19(13-30-21)20(26)24-16-6-2-8-18(11-16)31(27,28)23-12-17-7-3-9-29-17/h1-11,13,23H,12H2,(H,24,26). The van der Waals surface area contributed by atoms with E-state index in [0.29, 0.717) is 21.5 Å². The van der Waals surface area contributed by atoms with Gasteiger partial charge in [0.2, 0.25) is 10.0 Å². The predicted octanol–water partition coefficient (Wildman–Crippen LogP) is 4.79. The van der Waals surface area contributed by atoms with E-state index in [2.05, 4.69) is 15.0 Å². The Labute approximate surface area is 187 Å². The number of thiazole rings is 1. The van der Waals surface area contributed by atoms with Crippen LogP contribution >= 0.6 is 22.9 Å². The van der Waals surface area contributed by atoms with Gasteiger partial charge in [-0.2, -0.15) is 0 Å². The van der Waals surface area contributed by atoms with E-state index >= 15 is 0 Å². The van der Waals surface area contributed by atoms with Gasteiger partial charge in [-0.15, -0.1) is 11.3 Å². The summed E-state index contributed by atoms with van der Waals surface area (Å²) in [6.07, 6.45) is 1.47. The zero-order chi connectivity index (χ0) is 21.8.